The number of benzene rings is 1. The first-order chi connectivity index (χ1) is 11.7. The van der Waals surface area contributed by atoms with Gasteiger partial charge in [-0.1, -0.05) is 6.42 Å². The molecule has 0 spiro atoms. The van der Waals surface area contributed by atoms with Crippen LogP contribution in [-0.2, 0) is 9.59 Å². The van der Waals surface area contributed by atoms with Gasteiger partial charge in [0.25, 0.3) is 5.91 Å². The normalized spacial score (nSPS) is 20.6. The van der Waals surface area contributed by atoms with Crippen molar-refractivity contribution in [3.63, 3.8) is 0 Å². The highest BCUT2D eigenvalue weighted by Crippen LogP contribution is 2.30. The summed E-state index contributed by atoms with van der Waals surface area (Å²) in [5.41, 5.74) is 0.817. The molecule has 0 heterocycles. The monoisotopic (exact) mass is 346 g/mol. The van der Waals surface area contributed by atoms with Gasteiger partial charge in [0.05, 0.1) is 5.92 Å². The van der Waals surface area contributed by atoms with Gasteiger partial charge < -0.3 is 15.7 Å². The van der Waals surface area contributed by atoms with Crippen LogP contribution in [0.3, 0.4) is 0 Å². The molecule has 0 aliphatic heterocycles. The Balaban J connectivity index is 1.95. The summed E-state index contributed by atoms with van der Waals surface area (Å²) in [6, 6.07) is 6.70. The SMILES string of the molecule is CC(C)(C)NC(=O)c1ccc(NC(=O)C2CCCC(C(=O)O)C2)cc1. The minimum atomic E-state index is -0.827. The van der Waals surface area contributed by atoms with Crippen LogP contribution in [0.5, 0.6) is 0 Å². The van der Waals surface area contributed by atoms with Gasteiger partial charge >= 0.3 is 5.97 Å². The van der Waals surface area contributed by atoms with Crippen LogP contribution >= 0.6 is 0 Å². The molecule has 6 heteroatoms. The lowest BCUT2D eigenvalue weighted by atomic mass is 9.81. The Hall–Kier alpha value is -2.37. The summed E-state index contributed by atoms with van der Waals surface area (Å²) in [5, 5.41) is 14.8. The number of hydrogen-bond acceptors (Lipinski definition) is 3. The lowest BCUT2D eigenvalue weighted by Crippen LogP contribution is -2.40. The van der Waals surface area contributed by atoms with E-state index >= 15 is 0 Å². The molecule has 1 aromatic rings. The topological polar surface area (TPSA) is 95.5 Å². The van der Waals surface area contributed by atoms with Crippen molar-refractivity contribution < 1.29 is 19.5 Å². The molecule has 136 valence electrons. The molecule has 0 saturated heterocycles. The van der Waals surface area contributed by atoms with E-state index in [0.717, 1.165) is 6.42 Å². The number of anilines is 1. The van der Waals surface area contributed by atoms with Crippen molar-refractivity contribution >= 4 is 23.5 Å². The van der Waals surface area contributed by atoms with Crippen molar-refractivity contribution in [1.29, 1.82) is 0 Å². The average Bonchev–Trinajstić information content (AvgIpc) is 2.54. The molecule has 2 unspecified atom stereocenters. The molecule has 1 aromatic carbocycles. The summed E-state index contributed by atoms with van der Waals surface area (Å²) in [5.74, 6) is -1.86. The van der Waals surface area contributed by atoms with E-state index in [2.05, 4.69) is 10.6 Å². The third-order valence-corrected chi connectivity index (χ3v) is 4.30. The summed E-state index contributed by atoms with van der Waals surface area (Å²) >= 11 is 0. The third kappa shape index (κ3) is 5.59. The molecule has 0 aromatic heterocycles. The molecule has 0 radical (unpaired) electrons. The quantitative estimate of drug-likeness (QED) is 0.781. The third-order valence-electron chi connectivity index (χ3n) is 4.30. The highest BCUT2D eigenvalue weighted by Gasteiger charge is 2.31. The Bertz CT molecular complexity index is 646. The highest BCUT2D eigenvalue weighted by atomic mass is 16.4. The predicted molar refractivity (Wildman–Crippen MR) is 95.4 cm³/mol. The Kier molecular flexibility index (Phi) is 5.82. The van der Waals surface area contributed by atoms with Gasteiger partial charge in [-0.25, -0.2) is 0 Å². The van der Waals surface area contributed by atoms with Crippen LogP contribution < -0.4 is 10.6 Å². The number of nitrogens with one attached hydrogen (secondary N) is 2. The van der Waals surface area contributed by atoms with Gasteiger partial charge in [0.15, 0.2) is 0 Å². The van der Waals surface area contributed by atoms with Crippen molar-refractivity contribution in [3.05, 3.63) is 29.8 Å². The highest BCUT2D eigenvalue weighted by molar-refractivity contribution is 5.96. The first-order valence-electron chi connectivity index (χ1n) is 8.62. The standard InChI is InChI=1S/C19H26N2O4/c1-19(2,3)21-17(23)12-7-9-15(10-8-12)20-16(22)13-5-4-6-14(11-13)18(24)25/h7-10,13-14H,4-6,11H2,1-3H3,(H,20,22)(H,21,23)(H,24,25). The lowest BCUT2D eigenvalue weighted by Gasteiger charge is -2.25. The average molecular weight is 346 g/mol. The Morgan fingerprint density at radius 1 is 1.04 bits per heavy atom. The molecule has 1 fully saturated rings. The second kappa shape index (κ2) is 7.68. The minimum absolute atomic E-state index is 0.155. The molecule has 1 saturated carbocycles. The maximum Gasteiger partial charge on any atom is 0.306 e. The van der Waals surface area contributed by atoms with E-state index in [0.29, 0.717) is 30.5 Å². The number of rotatable bonds is 4. The first-order valence-corrected chi connectivity index (χ1v) is 8.62. The molecule has 2 atom stereocenters. The number of aliphatic carboxylic acids is 1. The molecule has 1 aliphatic carbocycles. The van der Waals surface area contributed by atoms with Gasteiger partial charge in [-0.3, -0.25) is 14.4 Å². The van der Waals surface area contributed by atoms with Crippen LogP contribution in [0, 0.1) is 11.8 Å². The van der Waals surface area contributed by atoms with Crippen LogP contribution in [0.25, 0.3) is 0 Å². The van der Waals surface area contributed by atoms with E-state index in [1.54, 1.807) is 24.3 Å². The van der Waals surface area contributed by atoms with Crippen molar-refractivity contribution in [3.8, 4) is 0 Å². The van der Waals surface area contributed by atoms with Crippen molar-refractivity contribution in [2.45, 2.75) is 52.0 Å². The molecule has 2 rings (SSSR count). The van der Waals surface area contributed by atoms with E-state index in [1.165, 1.54) is 0 Å². The van der Waals surface area contributed by atoms with Crippen LogP contribution in [-0.4, -0.2) is 28.4 Å². The van der Waals surface area contributed by atoms with Crippen LogP contribution in [0.4, 0.5) is 5.69 Å². The largest absolute Gasteiger partial charge is 0.481 e. The summed E-state index contributed by atoms with van der Waals surface area (Å²) in [6.45, 7) is 5.73. The molecule has 2 amide bonds. The van der Waals surface area contributed by atoms with Gasteiger partial charge in [-0.05, 0) is 64.3 Å². The summed E-state index contributed by atoms with van der Waals surface area (Å²) in [4.78, 5) is 35.6. The zero-order valence-electron chi connectivity index (χ0n) is 15.0. The predicted octanol–water partition coefficient (Wildman–Crippen LogP) is 3.04. The van der Waals surface area contributed by atoms with E-state index in [9.17, 15) is 14.4 Å². The second-order valence-electron chi connectivity index (χ2n) is 7.67. The Morgan fingerprint density at radius 2 is 1.64 bits per heavy atom. The van der Waals surface area contributed by atoms with Crippen LogP contribution in [0.1, 0.15) is 56.8 Å². The fraction of sp³-hybridized carbons (Fsp3) is 0.526. The van der Waals surface area contributed by atoms with E-state index in [1.807, 2.05) is 20.8 Å². The number of hydrogen-bond donors (Lipinski definition) is 3. The van der Waals surface area contributed by atoms with Crippen molar-refractivity contribution in [2.24, 2.45) is 11.8 Å². The fourth-order valence-electron chi connectivity index (χ4n) is 3.01. The molecule has 0 bridgehead atoms. The number of carbonyl (C=O) groups is 3. The first kappa shape index (κ1) is 19.0. The lowest BCUT2D eigenvalue weighted by molar-refractivity contribution is -0.143. The molecule has 25 heavy (non-hydrogen) atoms. The zero-order valence-corrected chi connectivity index (χ0v) is 15.0. The van der Waals surface area contributed by atoms with E-state index < -0.39 is 11.9 Å². The Labute approximate surface area is 148 Å². The maximum atomic E-state index is 12.4. The summed E-state index contributed by atoms with van der Waals surface area (Å²) < 4.78 is 0. The molecule has 3 N–H and O–H groups in total. The van der Waals surface area contributed by atoms with Gasteiger partial charge in [0.2, 0.25) is 5.91 Å². The smallest absolute Gasteiger partial charge is 0.306 e. The van der Waals surface area contributed by atoms with Crippen molar-refractivity contribution in [2.75, 3.05) is 5.32 Å². The zero-order chi connectivity index (χ0) is 18.6. The summed E-state index contributed by atoms with van der Waals surface area (Å²) in [7, 11) is 0. The van der Waals surface area contributed by atoms with E-state index in [4.69, 9.17) is 5.11 Å². The minimum Gasteiger partial charge on any atom is -0.481 e. The molecular formula is C19H26N2O4. The van der Waals surface area contributed by atoms with Gasteiger partial charge in [-0.15, -0.1) is 0 Å². The van der Waals surface area contributed by atoms with Gasteiger partial charge in [0.1, 0.15) is 0 Å². The van der Waals surface area contributed by atoms with Gasteiger partial charge in [-0.2, -0.15) is 0 Å². The van der Waals surface area contributed by atoms with Crippen LogP contribution in [0.2, 0.25) is 0 Å². The van der Waals surface area contributed by atoms with Crippen LogP contribution in [0.15, 0.2) is 24.3 Å². The second-order valence-corrected chi connectivity index (χ2v) is 7.67. The molecular weight excluding hydrogens is 320 g/mol. The number of carboxylic acids is 1. The number of carbonyl (C=O) groups excluding carboxylic acids is 2. The van der Waals surface area contributed by atoms with Gasteiger partial charge in [0, 0.05) is 22.7 Å². The Morgan fingerprint density at radius 3 is 2.20 bits per heavy atom. The fourth-order valence-corrected chi connectivity index (χ4v) is 3.01. The number of amides is 2. The molecule has 1 aliphatic rings. The molecule has 6 nitrogen and oxygen atoms in total. The van der Waals surface area contributed by atoms with Crippen molar-refractivity contribution in [1.82, 2.24) is 5.32 Å². The maximum absolute atomic E-state index is 12.4. The van der Waals surface area contributed by atoms with E-state index in [-0.39, 0.29) is 23.3 Å². The summed E-state index contributed by atoms with van der Waals surface area (Å²) in [6.07, 6.45) is 2.48. The number of carboxylic acid groups (broad SMARTS) is 1.